The number of aromatic nitrogens is 1. The Hall–Kier alpha value is -1.42. The van der Waals surface area contributed by atoms with Crippen LogP contribution in [0.15, 0.2) is 24.5 Å². The lowest BCUT2D eigenvalue weighted by molar-refractivity contribution is -0.134. The molecule has 1 unspecified atom stereocenters. The summed E-state index contributed by atoms with van der Waals surface area (Å²) in [6.45, 7) is 5.89. The highest BCUT2D eigenvalue weighted by atomic mass is 16.2. The van der Waals surface area contributed by atoms with Gasteiger partial charge < -0.3 is 10.6 Å². The van der Waals surface area contributed by atoms with Gasteiger partial charge in [-0.2, -0.15) is 0 Å². The maximum absolute atomic E-state index is 12.1. The quantitative estimate of drug-likeness (QED) is 0.862. The van der Waals surface area contributed by atoms with Gasteiger partial charge in [0.1, 0.15) is 0 Å². The first-order valence-corrected chi connectivity index (χ1v) is 5.87. The van der Waals surface area contributed by atoms with Crippen LogP contribution in [0.5, 0.6) is 0 Å². The number of hydrogen-bond acceptors (Lipinski definition) is 3. The van der Waals surface area contributed by atoms with Gasteiger partial charge in [0.25, 0.3) is 0 Å². The van der Waals surface area contributed by atoms with Crippen molar-refractivity contribution in [3.8, 4) is 0 Å². The molecule has 0 bridgehead atoms. The van der Waals surface area contributed by atoms with Crippen molar-refractivity contribution in [3.05, 3.63) is 30.1 Å². The molecular weight excluding hydrogens is 214 g/mol. The number of nitrogens with two attached hydrogens (primary N) is 1. The molecule has 0 aliphatic carbocycles. The summed E-state index contributed by atoms with van der Waals surface area (Å²) in [5, 5.41) is 0. The molecule has 17 heavy (non-hydrogen) atoms. The summed E-state index contributed by atoms with van der Waals surface area (Å²) >= 11 is 0. The van der Waals surface area contributed by atoms with Crippen molar-refractivity contribution in [1.82, 2.24) is 9.88 Å². The first kappa shape index (κ1) is 13.6. The molecular formula is C13H21N3O. The average molecular weight is 235 g/mol. The maximum Gasteiger partial charge on any atom is 0.239 e. The summed E-state index contributed by atoms with van der Waals surface area (Å²) in [5.74, 6) is 0.124. The first-order chi connectivity index (χ1) is 7.95. The van der Waals surface area contributed by atoms with E-state index in [0.29, 0.717) is 0 Å². The highest BCUT2D eigenvalue weighted by molar-refractivity contribution is 5.82. The number of pyridine rings is 1. The van der Waals surface area contributed by atoms with E-state index in [-0.39, 0.29) is 17.9 Å². The molecule has 1 amide bonds. The summed E-state index contributed by atoms with van der Waals surface area (Å²) in [4.78, 5) is 17.7. The van der Waals surface area contributed by atoms with E-state index >= 15 is 0 Å². The van der Waals surface area contributed by atoms with Crippen LogP contribution in [0.1, 0.15) is 32.4 Å². The number of nitrogens with zero attached hydrogens (tertiary/aromatic N) is 2. The Labute approximate surface area is 103 Å². The van der Waals surface area contributed by atoms with E-state index in [1.54, 1.807) is 24.3 Å². The predicted octanol–water partition coefficient (Wildman–Crippen LogP) is 1.58. The number of hydrogen-bond donors (Lipinski definition) is 1. The van der Waals surface area contributed by atoms with Crippen LogP contribution in [0.25, 0.3) is 0 Å². The smallest absolute Gasteiger partial charge is 0.239 e. The Morgan fingerprint density at radius 2 is 1.82 bits per heavy atom. The second-order valence-corrected chi connectivity index (χ2v) is 4.68. The fourth-order valence-corrected chi connectivity index (χ4v) is 1.58. The van der Waals surface area contributed by atoms with Gasteiger partial charge in [-0.05, 0) is 30.5 Å². The lowest BCUT2D eigenvalue weighted by Gasteiger charge is -2.29. The van der Waals surface area contributed by atoms with E-state index in [4.69, 9.17) is 5.73 Å². The van der Waals surface area contributed by atoms with Crippen molar-refractivity contribution in [2.24, 2.45) is 11.7 Å². The topological polar surface area (TPSA) is 59.2 Å². The van der Waals surface area contributed by atoms with Gasteiger partial charge in [0.05, 0.1) is 12.1 Å². The Balaban J connectivity index is 2.77. The highest BCUT2D eigenvalue weighted by Gasteiger charge is 2.24. The van der Waals surface area contributed by atoms with Crippen LogP contribution in [0.2, 0.25) is 0 Å². The monoisotopic (exact) mass is 235 g/mol. The molecule has 2 atom stereocenters. The number of carbonyl (C=O) groups excluding carboxylic acids is 1. The fourth-order valence-electron chi connectivity index (χ4n) is 1.58. The Morgan fingerprint density at radius 1 is 1.29 bits per heavy atom. The lowest BCUT2D eigenvalue weighted by atomic mass is 10.0. The number of amides is 1. The number of carbonyl (C=O) groups is 1. The molecule has 1 heterocycles. The van der Waals surface area contributed by atoms with Crippen LogP contribution < -0.4 is 5.73 Å². The van der Waals surface area contributed by atoms with Gasteiger partial charge in [-0.25, -0.2) is 0 Å². The number of rotatable bonds is 4. The van der Waals surface area contributed by atoms with Gasteiger partial charge in [-0.1, -0.05) is 13.8 Å². The first-order valence-electron chi connectivity index (χ1n) is 5.87. The zero-order chi connectivity index (χ0) is 13.0. The third kappa shape index (κ3) is 3.27. The van der Waals surface area contributed by atoms with Crippen LogP contribution in [0.3, 0.4) is 0 Å². The largest absolute Gasteiger partial charge is 0.338 e. The van der Waals surface area contributed by atoms with E-state index in [9.17, 15) is 4.79 Å². The Bertz CT molecular complexity index is 364. The zero-order valence-corrected chi connectivity index (χ0v) is 10.9. The molecule has 0 radical (unpaired) electrons. The Kier molecular flexibility index (Phi) is 4.63. The molecule has 1 rings (SSSR count). The van der Waals surface area contributed by atoms with Crippen molar-refractivity contribution in [1.29, 1.82) is 0 Å². The maximum atomic E-state index is 12.1. The minimum atomic E-state index is -0.440. The molecule has 0 aromatic carbocycles. The van der Waals surface area contributed by atoms with Crippen molar-refractivity contribution in [3.63, 3.8) is 0 Å². The van der Waals surface area contributed by atoms with Crippen LogP contribution in [0.4, 0.5) is 0 Å². The van der Waals surface area contributed by atoms with Crippen LogP contribution >= 0.6 is 0 Å². The van der Waals surface area contributed by atoms with Gasteiger partial charge in [0.2, 0.25) is 5.91 Å². The van der Waals surface area contributed by atoms with Gasteiger partial charge in [0, 0.05) is 19.4 Å². The summed E-state index contributed by atoms with van der Waals surface area (Å²) in [6, 6.07) is 3.39. The normalized spacial score (nSPS) is 14.5. The van der Waals surface area contributed by atoms with E-state index in [1.165, 1.54) is 0 Å². The lowest BCUT2D eigenvalue weighted by Crippen LogP contribution is -2.45. The molecule has 0 fully saturated rings. The summed E-state index contributed by atoms with van der Waals surface area (Å²) < 4.78 is 0. The molecule has 0 saturated heterocycles. The molecule has 0 spiro atoms. The minimum Gasteiger partial charge on any atom is -0.338 e. The van der Waals surface area contributed by atoms with Crippen LogP contribution in [-0.4, -0.2) is 28.9 Å². The predicted molar refractivity (Wildman–Crippen MR) is 68.2 cm³/mol. The molecule has 0 aliphatic heterocycles. The average Bonchev–Trinajstić information content (AvgIpc) is 2.36. The van der Waals surface area contributed by atoms with Crippen molar-refractivity contribution in [2.45, 2.75) is 32.9 Å². The summed E-state index contributed by atoms with van der Waals surface area (Å²) in [5.41, 5.74) is 6.94. The molecule has 94 valence electrons. The van der Waals surface area contributed by atoms with E-state index in [1.807, 2.05) is 32.9 Å². The van der Waals surface area contributed by atoms with Crippen molar-refractivity contribution >= 4 is 5.91 Å². The third-order valence-corrected chi connectivity index (χ3v) is 3.12. The van der Waals surface area contributed by atoms with Crippen LogP contribution in [-0.2, 0) is 4.79 Å². The standard InChI is InChI=1S/C13H21N3O/c1-9(2)12(14)13(17)16(4)10(3)11-5-7-15-8-6-11/h5-10,12H,14H2,1-4H3/t10?,12-/m1/s1. The molecule has 0 saturated carbocycles. The molecule has 1 aromatic heterocycles. The van der Waals surface area contributed by atoms with Crippen molar-refractivity contribution in [2.75, 3.05) is 7.05 Å². The highest BCUT2D eigenvalue weighted by Crippen LogP contribution is 2.19. The fraction of sp³-hybridized carbons (Fsp3) is 0.538. The molecule has 4 nitrogen and oxygen atoms in total. The number of likely N-dealkylation sites (N-methyl/N-ethyl adjacent to an activating group) is 1. The molecule has 1 aromatic rings. The molecule has 0 aliphatic rings. The minimum absolute atomic E-state index is 0.00954. The van der Waals surface area contributed by atoms with Crippen LogP contribution in [0, 0.1) is 5.92 Å². The second-order valence-electron chi connectivity index (χ2n) is 4.68. The molecule has 2 N–H and O–H groups in total. The summed E-state index contributed by atoms with van der Waals surface area (Å²) in [7, 11) is 1.79. The van der Waals surface area contributed by atoms with Gasteiger partial charge >= 0.3 is 0 Å². The van der Waals surface area contributed by atoms with E-state index in [0.717, 1.165) is 5.56 Å². The third-order valence-electron chi connectivity index (χ3n) is 3.12. The van der Waals surface area contributed by atoms with E-state index in [2.05, 4.69) is 4.98 Å². The Morgan fingerprint density at radius 3 is 2.29 bits per heavy atom. The van der Waals surface area contributed by atoms with Gasteiger partial charge in [-0.15, -0.1) is 0 Å². The van der Waals surface area contributed by atoms with Gasteiger partial charge in [0.15, 0.2) is 0 Å². The SMILES string of the molecule is CC(C)[C@@H](N)C(=O)N(C)C(C)c1ccncc1. The summed E-state index contributed by atoms with van der Waals surface area (Å²) in [6.07, 6.45) is 3.46. The second kappa shape index (κ2) is 5.77. The van der Waals surface area contributed by atoms with E-state index < -0.39 is 6.04 Å². The van der Waals surface area contributed by atoms with Gasteiger partial charge in [-0.3, -0.25) is 9.78 Å². The molecule has 4 heteroatoms. The zero-order valence-electron chi connectivity index (χ0n) is 10.9. The van der Waals surface area contributed by atoms with Crippen molar-refractivity contribution < 1.29 is 4.79 Å².